The molecule has 0 bridgehead atoms. The Morgan fingerprint density at radius 1 is 1.18 bits per heavy atom. The van der Waals surface area contributed by atoms with E-state index in [0.29, 0.717) is 6.61 Å². The summed E-state index contributed by atoms with van der Waals surface area (Å²) in [6.45, 7) is 2.71. The van der Waals surface area contributed by atoms with E-state index in [-0.39, 0.29) is 24.6 Å². The van der Waals surface area contributed by atoms with Crippen molar-refractivity contribution in [2.45, 2.75) is 25.7 Å². The second-order valence-corrected chi connectivity index (χ2v) is 4.40. The van der Waals surface area contributed by atoms with Crippen LogP contribution in [0.4, 0.5) is 0 Å². The number of benzene rings is 2. The molecule has 1 aliphatic rings. The fourth-order valence-electron chi connectivity index (χ4n) is 2.42. The van der Waals surface area contributed by atoms with Crippen molar-refractivity contribution in [3.8, 4) is 0 Å². The molecule has 0 spiro atoms. The summed E-state index contributed by atoms with van der Waals surface area (Å²) in [4.78, 5) is 0. The molecular weight excluding hydrogens is 234 g/mol. The summed E-state index contributed by atoms with van der Waals surface area (Å²) in [5.41, 5.74) is 8.72. The lowest BCUT2D eigenvalue weighted by Gasteiger charge is -2.30. The Morgan fingerprint density at radius 3 is 2.76 bits per heavy atom. The van der Waals surface area contributed by atoms with Crippen molar-refractivity contribution in [3.63, 3.8) is 0 Å². The third-order valence-corrected chi connectivity index (χ3v) is 3.40. The van der Waals surface area contributed by atoms with E-state index in [2.05, 4.69) is 36.4 Å². The highest BCUT2D eigenvalue weighted by Crippen LogP contribution is 2.33. The largest absolute Gasteiger partial charge is 0.372 e. The number of hydrogen-bond donors (Lipinski definition) is 1. The Labute approximate surface area is 107 Å². The van der Waals surface area contributed by atoms with Gasteiger partial charge in [-0.2, -0.15) is 0 Å². The highest BCUT2D eigenvalue weighted by atomic mass is 35.5. The van der Waals surface area contributed by atoms with Gasteiger partial charge in [0, 0.05) is 0 Å². The number of halogens is 1. The first kappa shape index (κ1) is 12.4. The van der Waals surface area contributed by atoms with Crippen LogP contribution in [0.5, 0.6) is 0 Å². The maximum atomic E-state index is 6.23. The molecule has 0 unspecified atom stereocenters. The third-order valence-electron chi connectivity index (χ3n) is 3.40. The molecule has 17 heavy (non-hydrogen) atoms. The molecule has 1 heterocycles. The van der Waals surface area contributed by atoms with Gasteiger partial charge >= 0.3 is 0 Å². The number of hydrogen-bond acceptors (Lipinski definition) is 2. The second-order valence-electron chi connectivity index (χ2n) is 4.40. The van der Waals surface area contributed by atoms with Crippen molar-refractivity contribution in [3.05, 3.63) is 47.5 Å². The topological polar surface area (TPSA) is 35.2 Å². The van der Waals surface area contributed by atoms with Crippen molar-refractivity contribution in [1.29, 1.82) is 0 Å². The van der Waals surface area contributed by atoms with Gasteiger partial charge < -0.3 is 10.5 Å². The number of nitrogens with two attached hydrogens (primary N) is 1. The van der Waals surface area contributed by atoms with Gasteiger partial charge in [0.2, 0.25) is 0 Å². The van der Waals surface area contributed by atoms with Gasteiger partial charge in [-0.1, -0.05) is 36.4 Å². The predicted molar refractivity (Wildman–Crippen MR) is 72.4 cm³/mol. The SMILES string of the molecule is C[C@H]1OCc2ccc3ccccc3c2[C@@H]1N.Cl. The van der Waals surface area contributed by atoms with Crippen LogP contribution in [0.25, 0.3) is 10.8 Å². The van der Waals surface area contributed by atoms with Gasteiger partial charge in [0.1, 0.15) is 0 Å². The molecular formula is C14H16ClNO. The van der Waals surface area contributed by atoms with Crippen LogP contribution in [-0.4, -0.2) is 6.10 Å². The van der Waals surface area contributed by atoms with Gasteiger partial charge in [-0.3, -0.25) is 0 Å². The molecule has 0 saturated carbocycles. The van der Waals surface area contributed by atoms with E-state index in [1.54, 1.807) is 0 Å². The van der Waals surface area contributed by atoms with Gasteiger partial charge in [-0.15, -0.1) is 12.4 Å². The maximum Gasteiger partial charge on any atom is 0.0744 e. The Morgan fingerprint density at radius 2 is 1.94 bits per heavy atom. The summed E-state index contributed by atoms with van der Waals surface area (Å²) >= 11 is 0. The first-order valence-electron chi connectivity index (χ1n) is 5.65. The summed E-state index contributed by atoms with van der Waals surface area (Å²) in [6, 6.07) is 12.6. The zero-order chi connectivity index (χ0) is 11.1. The first-order chi connectivity index (χ1) is 7.77. The van der Waals surface area contributed by atoms with Crippen molar-refractivity contribution in [2.24, 2.45) is 5.73 Å². The molecule has 2 atom stereocenters. The van der Waals surface area contributed by atoms with Gasteiger partial charge in [-0.05, 0) is 28.8 Å². The molecule has 3 rings (SSSR count). The van der Waals surface area contributed by atoms with Crippen molar-refractivity contribution in [1.82, 2.24) is 0 Å². The zero-order valence-electron chi connectivity index (χ0n) is 9.72. The summed E-state index contributed by atoms with van der Waals surface area (Å²) < 4.78 is 5.64. The fourth-order valence-corrected chi connectivity index (χ4v) is 2.42. The lowest BCUT2D eigenvalue weighted by Crippen LogP contribution is -2.31. The van der Waals surface area contributed by atoms with Crippen LogP contribution in [-0.2, 0) is 11.3 Å². The lowest BCUT2D eigenvalue weighted by atomic mass is 9.90. The highest BCUT2D eigenvalue weighted by Gasteiger charge is 2.25. The average Bonchev–Trinajstić information content (AvgIpc) is 2.33. The van der Waals surface area contributed by atoms with E-state index in [9.17, 15) is 0 Å². The molecule has 2 nitrogen and oxygen atoms in total. The molecule has 0 aliphatic carbocycles. The van der Waals surface area contributed by atoms with Gasteiger partial charge in [0.15, 0.2) is 0 Å². The van der Waals surface area contributed by atoms with E-state index >= 15 is 0 Å². The van der Waals surface area contributed by atoms with Crippen LogP contribution in [0.3, 0.4) is 0 Å². The minimum atomic E-state index is -0.0187. The standard InChI is InChI=1S/C14H15NO.ClH/c1-9-14(15)13-11(8-16-9)7-6-10-4-2-3-5-12(10)13;/h2-7,9,14H,8,15H2,1H3;1H/t9-,14-;/m1./s1. The molecule has 0 fully saturated rings. The molecule has 3 heteroatoms. The van der Waals surface area contributed by atoms with Crippen molar-refractivity contribution in [2.75, 3.05) is 0 Å². The molecule has 2 aromatic rings. The minimum Gasteiger partial charge on any atom is -0.372 e. The summed E-state index contributed by atoms with van der Waals surface area (Å²) in [5, 5.41) is 2.52. The van der Waals surface area contributed by atoms with Crippen LogP contribution in [0.15, 0.2) is 36.4 Å². The van der Waals surface area contributed by atoms with E-state index in [4.69, 9.17) is 10.5 Å². The van der Waals surface area contributed by atoms with Crippen molar-refractivity contribution >= 4 is 23.2 Å². The second kappa shape index (κ2) is 4.65. The normalized spacial score (nSPS) is 22.9. The molecule has 1 aliphatic heterocycles. The van der Waals surface area contributed by atoms with Gasteiger partial charge in [0.05, 0.1) is 18.8 Å². The number of fused-ring (bicyclic) bond motifs is 3. The van der Waals surface area contributed by atoms with E-state index in [1.807, 2.05) is 6.92 Å². The van der Waals surface area contributed by atoms with Crippen LogP contribution in [0, 0.1) is 0 Å². The average molecular weight is 250 g/mol. The number of ether oxygens (including phenoxy) is 1. The Kier molecular flexibility index (Phi) is 3.38. The molecule has 2 N–H and O–H groups in total. The third kappa shape index (κ3) is 1.93. The quantitative estimate of drug-likeness (QED) is 0.778. The van der Waals surface area contributed by atoms with Crippen LogP contribution in [0.1, 0.15) is 24.1 Å². The Bertz CT molecular complexity index is 541. The van der Waals surface area contributed by atoms with Crippen LogP contribution < -0.4 is 5.73 Å². The Hall–Kier alpha value is -1.09. The minimum absolute atomic E-state index is 0. The monoisotopic (exact) mass is 249 g/mol. The number of rotatable bonds is 0. The van der Waals surface area contributed by atoms with Crippen LogP contribution >= 0.6 is 12.4 Å². The molecule has 2 aromatic carbocycles. The molecule has 0 amide bonds. The highest BCUT2D eigenvalue weighted by molar-refractivity contribution is 5.87. The van der Waals surface area contributed by atoms with Gasteiger partial charge in [0.25, 0.3) is 0 Å². The zero-order valence-corrected chi connectivity index (χ0v) is 10.5. The van der Waals surface area contributed by atoms with E-state index in [0.717, 1.165) is 0 Å². The molecule has 90 valence electrons. The van der Waals surface area contributed by atoms with Crippen molar-refractivity contribution < 1.29 is 4.74 Å². The fraction of sp³-hybridized carbons (Fsp3) is 0.286. The van der Waals surface area contributed by atoms with Gasteiger partial charge in [-0.25, -0.2) is 0 Å². The predicted octanol–water partition coefficient (Wildman–Crippen LogP) is 3.18. The summed E-state index contributed by atoms with van der Waals surface area (Å²) in [6.07, 6.45) is 0.0957. The lowest BCUT2D eigenvalue weighted by molar-refractivity contribution is 0.0220. The molecule has 0 radical (unpaired) electrons. The summed E-state index contributed by atoms with van der Waals surface area (Å²) in [7, 11) is 0. The first-order valence-corrected chi connectivity index (χ1v) is 5.65. The maximum absolute atomic E-state index is 6.23. The molecule has 0 aromatic heterocycles. The smallest absolute Gasteiger partial charge is 0.0744 e. The Balaban J connectivity index is 0.00000108. The van der Waals surface area contributed by atoms with Crippen LogP contribution in [0.2, 0.25) is 0 Å². The van der Waals surface area contributed by atoms with E-state index < -0.39 is 0 Å². The molecule has 0 saturated heterocycles. The van der Waals surface area contributed by atoms with E-state index in [1.165, 1.54) is 21.9 Å². The summed E-state index contributed by atoms with van der Waals surface area (Å²) in [5.74, 6) is 0.